The molecule has 0 unspecified atom stereocenters. The van der Waals surface area contributed by atoms with Crippen molar-refractivity contribution in [3.63, 3.8) is 0 Å². The number of carbonyl (C=O) groups is 2. The topological polar surface area (TPSA) is 85.1 Å². The number of aromatic nitrogens is 2. The Morgan fingerprint density at radius 2 is 1.68 bits per heavy atom. The van der Waals surface area contributed by atoms with Crippen molar-refractivity contribution in [2.45, 2.75) is 19.8 Å². The standard InChI is InChI=1S/C30H24FN3O3/c1-18-16-34-24(17-33-18)11-12-26(35)22-5-3-4-20(14-22)21-8-13-27-25(15-21)28(30(36)32-2)29(37-27)19-6-9-23(31)10-7-19/h3-10,13-17H,11-12H2,1-2H3,(H,32,36). The smallest absolute Gasteiger partial charge is 0.255 e. The number of nitrogens with one attached hydrogen (secondary N) is 1. The number of fused-ring (bicyclic) bond motifs is 1. The zero-order valence-electron chi connectivity index (χ0n) is 20.4. The summed E-state index contributed by atoms with van der Waals surface area (Å²) in [5.74, 6) is -0.295. The van der Waals surface area contributed by atoms with Gasteiger partial charge in [0.25, 0.3) is 5.91 Å². The molecule has 0 aliphatic heterocycles. The Morgan fingerprint density at radius 3 is 2.41 bits per heavy atom. The van der Waals surface area contributed by atoms with Crippen LogP contribution >= 0.6 is 0 Å². The minimum Gasteiger partial charge on any atom is -0.455 e. The molecule has 0 saturated heterocycles. The lowest BCUT2D eigenvalue weighted by molar-refractivity contribution is 0.0961. The van der Waals surface area contributed by atoms with Crippen LogP contribution in [0.25, 0.3) is 33.4 Å². The Labute approximate surface area is 213 Å². The highest BCUT2D eigenvalue weighted by atomic mass is 19.1. The fraction of sp³-hybridized carbons (Fsp3) is 0.133. The van der Waals surface area contributed by atoms with Gasteiger partial charge >= 0.3 is 0 Å². The van der Waals surface area contributed by atoms with E-state index in [-0.39, 0.29) is 17.5 Å². The average Bonchev–Trinajstić information content (AvgIpc) is 3.31. The number of Topliss-reactive ketones (excluding diaryl/α,β-unsaturated/α-hetero) is 1. The van der Waals surface area contributed by atoms with Crippen LogP contribution in [0.3, 0.4) is 0 Å². The predicted octanol–water partition coefficient (Wildman–Crippen LogP) is 6.18. The van der Waals surface area contributed by atoms with Gasteiger partial charge in [-0.05, 0) is 66.9 Å². The summed E-state index contributed by atoms with van der Waals surface area (Å²) in [6, 6.07) is 18.8. The quantitative estimate of drug-likeness (QED) is 0.274. The highest BCUT2D eigenvalue weighted by Crippen LogP contribution is 2.36. The molecule has 0 radical (unpaired) electrons. The van der Waals surface area contributed by atoms with Crippen molar-refractivity contribution < 1.29 is 18.4 Å². The highest BCUT2D eigenvalue weighted by molar-refractivity contribution is 6.11. The summed E-state index contributed by atoms with van der Waals surface area (Å²) in [5.41, 5.74) is 5.40. The van der Waals surface area contributed by atoms with E-state index in [9.17, 15) is 14.0 Å². The van der Waals surface area contributed by atoms with Gasteiger partial charge < -0.3 is 9.73 Å². The number of ketones is 1. The molecule has 0 aliphatic carbocycles. The Balaban J connectivity index is 1.47. The number of aryl methyl sites for hydroxylation is 2. The second-order valence-electron chi connectivity index (χ2n) is 8.76. The molecule has 3 aromatic carbocycles. The summed E-state index contributed by atoms with van der Waals surface area (Å²) in [7, 11) is 1.55. The van der Waals surface area contributed by atoms with Crippen molar-refractivity contribution in [2.75, 3.05) is 7.05 Å². The molecule has 184 valence electrons. The third-order valence-electron chi connectivity index (χ3n) is 6.21. The fourth-order valence-corrected chi connectivity index (χ4v) is 4.24. The first-order valence-corrected chi connectivity index (χ1v) is 11.9. The highest BCUT2D eigenvalue weighted by Gasteiger charge is 2.22. The second-order valence-corrected chi connectivity index (χ2v) is 8.76. The van der Waals surface area contributed by atoms with E-state index < -0.39 is 0 Å². The van der Waals surface area contributed by atoms with E-state index in [1.165, 1.54) is 12.1 Å². The average molecular weight is 494 g/mol. The molecule has 1 amide bonds. The summed E-state index contributed by atoms with van der Waals surface area (Å²) in [6.45, 7) is 1.87. The van der Waals surface area contributed by atoms with Crippen LogP contribution in [-0.4, -0.2) is 28.7 Å². The molecule has 0 aliphatic rings. The lowest BCUT2D eigenvalue weighted by Crippen LogP contribution is -2.18. The molecule has 0 fully saturated rings. The number of hydrogen-bond donors (Lipinski definition) is 1. The van der Waals surface area contributed by atoms with Gasteiger partial charge in [0, 0.05) is 42.4 Å². The first-order chi connectivity index (χ1) is 17.9. The fourth-order valence-electron chi connectivity index (χ4n) is 4.24. The van der Waals surface area contributed by atoms with Crippen LogP contribution in [-0.2, 0) is 6.42 Å². The third-order valence-corrected chi connectivity index (χ3v) is 6.21. The summed E-state index contributed by atoms with van der Waals surface area (Å²) >= 11 is 0. The van der Waals surface area contributed by atoms with E-state index in [4.69, 9.17) is 4.42 Å². The van der Waals surface area contributed by atoms with Crippen LogP contribution in [0.15, 0.2) is 83.5 Å². The van der Waals surface area contributed by atoms with Gasteiger partial charge in [-0.1, -0.05) is 24.3 Å². The van der Waals surface area contributed by atoms with Gasteiger partial charge in [0.2, 0.25) is 0 Å². The molecular formula is C30H24FN3O3. The van der Waals surface area contributed by atoms with Gasteiger partial charge in [0.05, 0.1) is 17.0 Å². The molecule has 6 nitrogen and oxygen atoms in total. The Morgan fingerprint density at radius 1 is 0.919 bits per heavy atom. The molecule has 5 rings (SSSR count). The van der Waals surface area contributed by atoms with Crippen molar-refractivity contribution in [3.8, 4) is 22.5 Å². The van der Waals surface area contributed by atoms with Gasteiger partial charge in [-0.2, -0.15) is 0 Å². The van der Waals surface area contributed by atoms with E-state index in [0.717, 1.165) is 22.5 Å². The Bertz CT molecular complexity index is 1610. The Hall–Kier alpha value is -4.65. The number of benzene rings is 3. The zero-order valence-corrected chi connectivity index (χ0v) is 20.4. The molecule has 37 heavy (non-hydrogen) atoms. The number of nitrogens with zero attached hydrogens (tertiary/aromatic N) is 2. The maximum atomic E-state index is 13.5. The maximum absolute atomic E-state index is 13.5. The molecule has 7 heteroatoms. The van der Waals surface area contributed by atoms with E-state index in [2.05, 4.69) is 15.3 Å². The van der Waals surface area contributed by atoms with E-state index >= 15 is 0 Å². The van der Waals surface area contributed by atoms with E-state index in [1.807, 2.05) is 37.3 Å². The molecule has 0 atom stereocenters. The summed E-state index contributed by atoms with van der Waals surface area (Å²) in [4.78, 5) is 34.3. The summed E-state index contributed by atoms with van der Waals surface area (Å²) in [6.07, 6.45) is 4.23. The number of amides is 1. The van der Waals surface area contributed by atoms with Gasteiger partial charge in [0.1, 0.15) is 17.2 Å². The van der Waals surface area contributed by atoms with Crippen molar-refractivity contribution in [2.24, 2.45) is 0 Å². The summed E-state index contributed by atoms with van der Waals surface area (Å²) in [5, 5.41) is 3.30. The second kappa shape index (κ2) is 10.1. The molecule has 0 bridgehead atoms. The van der Waals surface area contributed by atoms with Crippen molar-refractivity contribution in [1.29, 1.82) is 0 Å². The minimum absolute atomic E-state index is 0.0123. The summed E-state index contributed by atoms with van der Waals surface area (Å²) < 4.78 is 19.5. The monoisotopic (exact) mass is 493 g/mol. The SMILES string of the molecule is CNC(=O)c1c(-c2ccc(F)cc2)oc2ccc(-c3cccc(C(=O)CCc4cnc(C)cn4)c3)cc12. The molecule has 5 aromatic rings. The van der Waals surface area contributed by atoms with E-state index in [1.54, 1.807) is 43.7 Å². The number of furan rings is 1. The largest absolute Gasteiger partial charge is 0.455 e. The molecule has 1 N–H and O–H groups in total. The van der Waals surface area contributed by atoms with Gasteiger partial charge in [-0.15, -0.1) is 0 Å². The lowest BCUT2D eigenvalue weighted by atomic mass is 9.97. The van der Waals surface area contributed by atoms with Crippen LogP contribution in [0.5, 0.6) is 0 Å². The van der Waals surface area contributed by atoms with Crippen LogP contribution in [0.1, 0.15) is 38.5 Å². The molecular weight excluding hydrogens is 469 g/mol. The number of hydrogen-bond acceptors (Lipinski definition) is 5. The number of rotatable bonds is 7. The van der Waals surface area contributed by atoms with Crippen LogP contribution in [0.2, 0.25) is 0 Å². The van der Waals surface area contributed by atoms with Crippen LogP contribution < -0.4 is 5.32 Å². The predicted molar refractivity (Wildman–Crippen MR) is 140 cm³/mol. The minimum atomic E-state index is -0.370. The molecule has 0 saturated carbocycles. The van der Waals surface area contributed by atoms with Gasteiger partial charge in [0.15, 0.2) is 5.78 Å². The first-order valence-electron chi connectivity index (χ1n) is 11.9. The third kappa shape index (κ3) is 5.02. The first kappa shape index (κ1) is 24.1. The Kier molecular flexibility index (Phi) is 6.60. The van der Waals surface area contributed by atoms with Crippen molar-refractivity contribution in [1.82, 2.24) is 15.3 Å². The number of carbonyl (C=O) groups excluding carboxylic acids is 2. The van der Waals surface area contributed by atoms with Gasteiger partial charge in [-0.25, -0.2) is 4.39 Å². The molecule has 2 aromatic heterocycles. The lowest BCUT2D eigenvalue weighted by Gasteiger charge is -2.07. The normalized spacial score (nSPS) is 11.0. The van der Waals surface area contributed by atoms with Crippen molar-refractivity contribution in [3.05, 3.63) is 107 Å². The van der Waals surface area contributed by atoms with Crippen LogP contribution in [0.4, 0.5) is 4.39 Å². The maximum Gasteiger partial charge on any atom is 0.255 e. The zero-order chi connectivity index (χ0) is 25.9. The molecule has 2 heterocycles. The van der Waals surface area contributed by atoms with Crippen molar-refractivity contribution >= 4 is 22.7 Å². The van der Waals surface area contributed by atoms with Crippen LogP contribution in [0, 0.1) is 12.7 Å². The van der Waals surface area contributed by atoms with Gasteiger partial charge in [-0.3, -0.25) is 19.6 Å². The van der Waals surface area contributed by atoms with E-state index in [0.29, 0.717) is 46.3 Å². The number of halogens is 1. The molecule has 0 spiro atoms.